The van der Waals surface area contributed by atoms with Gasteiger partial charge < -0.3 is 19.7 Å². The molecule has 33 heavy (non-hydrogen) atoms. The molecule has 2 aliphatic heterocycles. The van der Waals surface area contributed by atoms with Gasteiger partial charge in [0.1, 0.15) is 5.75 Å². The molecule has 1 aromatic carbocycles. The lowest BCUT2D eigenvalue weighted by Crippen LogP contribution is -2.66. The molecule has 1 amide bonds. The summed E-state index contributed by atoms with van der Waals surface area (Å²) < 4.78 is 5.45. The van der Waals surface area contributed by atoms with E-state index in [9.17, 15) is 9.90 Å². The minimum atomic E-state index is -0.331. The largest absolute Gasteiger partial charge is 0.497 e. The molecule has 7 heteroatoms. The van der Waals surface area contributed by atoms with Gasteiger partial charge in [-0.2, -0.15) is 0 Å². The van der Waals surface area contributed by atoms with Crippen molar-refractivity contribution in [3.05, 3.63) is 59.5 Å². The lowest BCUT2D eigenvalue weighted by atomic mass is 9.68. The molecule has 0 unspecified atom stereocenters. The van der Waals surface area contributed by atoms with E-state index in [0.717, 1.165) is 49.4 Å². The van der Waals surface area contributed by atoms with Crippen molar-refractivity contribution in [2.45, 2.75) is 37.3 Å². The number of hydrogen-bond acceptors (Lipinski definition) is 5. The summed E-state index contributed by atoms with van der Waals surface area (Å²) >= 11 is 0. The number of amides is 1. The Morgan fingerprint density at radius 2 is 2.12 bits per heavy atom. The van der Waals surface area contributed by atoms with Crippen LogP contribution in [0.4, 0.5) is 0 Å². The van der Waals surface area contributed by atoms with Crippen molar-refractivity contribution in [2.24, 2.45) is 5.92 Å². The highest BCUT2D eigenvalue weighted by Gasteiger charge is 2.53. The van der Waals surface area contributed by atoms with Gasteiger partial charge in [-0.1, -0.05) is 6.07 Å². The Hall–Kier alpha value is -2.90. The Balaban J connectivity index is 1.38. The second kappa shape index (κ2) is 7.85. The summed E-state index contributed by atoms with van der Waals surface area (Å²) in [6.07, 6.45) is 6.60. The molecule has 1 saturated carbocycles. The number of likely N-dealkylation sites (tertiary alicyclic amines) is 1. The Morgan fingerprint density at radius 3 is 2.82 bits per heavy atom. The third kappa shape index (κ3) is 3.50. The van der Waals surface area contributed by atoms with Crippen molar-refractivity contribution in [3.63, 3.8) is 0 Å². The molecular weight excluding hydrogens is 416 g/mol. The van der Waals surface area contributed by atoms with E-state index in [0.29, 0.717) is 18.9 Å². The van der Waals surface area contributed by atoms with Gasteiger partial charge in [-0.15, -0.1) is 0 Å². The Labute approximate surface area is 193 Å². The molecule has 2 fully saturated rings. The molecule has 1 saturated heterocycles. The molecule has 3 aliphatic rings. The molecule has 172 valence electrons. The maximum atomic E-state index is 13.3. The highest BCUT2D eigenvalue weighted by Crippen LogP contribution is 2.49. The fourth-order valence-electron chi connectivity index (χ4n) is 5.88. The molecule has 6 rings (SSSR count). The second-order valence-corrected chi connectivity index (χ2v) is 9.98. The lowest BCUT2D eigenvalue weighted by Gasteiger charge is -2.56. The van der Waals surface area contributed by atoms with Gasteiger partial charge in [0.15, 0.2) is 0 Å². The molecule has 0 bridgehead atoms. The first-order valence-electron chi connectivity index (χ1n) is 11.8. The third-order valence-electron chi connectivity index (χ3n) is 7.58. The highest BCUT2D eigenvalue weighted by atomic mass is 16.5. The zero-order valence-electron chi connectivity index (χ0n) is 19.0. The number of aromatic nitrogens is 2. The van der Waals surface area contributed by atoms with E-state index in [1.54, 1.807) is 13.3 Å². The van der Waals surface area contributed by atoms with E-state index in [2.05, 4.69) is 27.0 Å². The van der Waals surface area contributed by atoms with Crippen molar-refractivity contribution >= 4 is 16.8 Å². The van der Waals surface area contributed by atoms with Crippen molar-refractivity contribution in [3.8, 4) is 5.75 Å². The number of fused-ring (bicyclic) bond motifs is 4. The number of nitrogens with one attached hydrogen (secondary N) is 1. The van der Waals surface area contributed by atoms with Gasteiger partial charge in [-0.3, -0.25) is 14.7 Å². The van der Waals surface area contributed by atoms with Crippen LogP contribution in [-0.4, -0.2) is 64.1 Å². The average Bonchev–Trinajstić information content (AvgIpc) is 3.54. The molecule has 4 heterocycles. The minimum absolute atomic E-state index is 0.0805. The van der Waals surface area contributed by atoms with Crippen molar-refractivity contribution in [1.82, 2.24) is 19.8 Å². The third-order valence-corrected chi connectivity index (χ3v) is 7.58. The first-order chi connectivity index (χ1) is 16.1. The molecule has 0 radical (unpaired) electrons. The van der Waals surface area contributed by atoms with Crippen molar-refractivity contribution < 1.29 is 14.6 Å². The number of aliphatic hydroxyl groups is 1. The fourth-order valence-corrected chi connectivity index (χ4v) is 5.88. The van der Waals surface area contributed by atoms with Gasteiger partial charge in [0.25, 0.3) is 0 Å². The van der Waals surface area contributed by atoms with Crippen LogP contribution in [0, 0.1) is 5.92 Å². The number of methoxy groups -OCH3 is 1. The summed E-state index contributed by atoms with van der Waals surface area (Å²) in [4.78, 5) is 25.5. The number of carbonyl (C=O) groups excluding carboxylic acids is 1. The zero-order chi connectivity index (χ0) is 22.6. The summed E-state index contributed by atoms with van der Waals surface area (Å²) in [6.45, 7) is 3.17. The van der Waals surface area contributed by atoms with E-state index < -0.39 is 0 Å². The van der Waals surface area contributed by atoms with Gasteiger partial charge in [0.05, 0.1) is 19.8 Å². The first kappa shape index (κ1) is 20.7. The van der Waals surface area contributed by atoms with Crippen LogP contribution >= 0.6 is 0 Å². The molecule has 1 spiro atoms. The normalized spacial score (nSPS) is 21.8. The van der Waals surface area contributed by atoms with Gasteiger partial charge in [0.2, 0.25) is 5.91 Å². The minimum Gasteiger partial charge on any atom is -0.497 e. The van der Waals surface area contributed by atoms with Gasteiger partial charge in [0, 0.05) is 73.1 Å². The molecular formula is C26H30N4O3. The van der Waals surface area contributed by atoms with Crippen molar-refractivity contribution in [1.29, 1.82) is 0 Å². The van der Waals surface area contributed by atoms with Gasteiger partial charge in [-0.05, 0) is 48.1 Å². The molecule has 7 nitrogen and oxygen atoms in total. The maximum Gasteiger partial charge on any atom is 0.223 e. The molecule has 3 aromatic rings. The standard InChI is InChI=1S/C26H30N4O3/c1-33-19-6-7-20-21(10-19)28-25-22(13-31)30(23(32)9-17-4-5-17)16-26(24(20)25)14-29(15-26)12-18-3-2-8-27-11-18/h2-3,6-8,10-11,17,22,28,31H,4-5,9,12-16H2,1H3/t22-/m1/s1. The Bertz CT molecular complexity index is 1180. The van der Waals surface area contributed by atoms with Crippen LogP contribution in [0.25, 0.3) is 10.9 Å². The van der Waals surface area contributed by atoms with Gasteiger partial charge in [-0.25, -0.2) is 0 Å². The topological polar surface area (TPSA) is 81.7 Å². The van der Waals surface area contributed by atoms with Crippen LogP contribution in [-0.2, 0) is 16.8 Å². The SMILES string of the molecule is COc1ccc2c3c([nH]c2c1)[C@@H](CO)N(C(=O)CC1CC1)CC31CN(Cc2cccnc2)C1. The number of rotatable bonds is 6. The number of benzene rings is 1. The molecule has 2 N–H and O–H groups in total. The van der Waals surface area contributed by atoms with Crippen LogP contribution < -0.4 is 4.74 Å². The van der Waals surface area contributed by atoms with Crippen LogP contribution in [0.2, 0.25) is 0 Å². The quantitative estimate of drug-likeness (QED) is 0.608. The monoisotopic (exact) mass is 446 g/mol. The molecule has 1 aliphatic carbocycles. The maximum absolute atomic E-state index is 13.3. The predicted molar refractivity (Wildman–Crippen MR) is 125 cm³/mol. The summed E-state index contributed by atoms with van der Waals surface area (Å²) in [5.41, 5.74) is 4.30. The summed E-state index contributed by atoms with van der Waals surface area (Å²) in [6, 6.07) is 9.87. The Morgan fingerprint density at radius 1 is 1.27 bits per heavy atom. The first-order valence-corrected chi connectivity index (χ1v) is 11.8. The number of ether oxygens (including phenoxy) is 1. The number of carbonyl (C=O) groups is 1. The molecule has 1 atom stereocenters. The van der Waals surface area contributed by atoms with Gasteiger partial charge >= 0.3 is 0 Å². The van der Waals surface area contributed by atoms with E-state index in [1.807, 2.05) is 29.3 Å². The Kier molecular flexibility index (Phi) is 4.92. The number of H-pyrrole nitrogens is 1. The van der Waals surface area contributed by atoms with Crippen LogP contribution in [0.1, 0.15) is 42.1 Å². The van der Waals surface area contributed by atoms with E-state index in [1.165, 1.54) is 16.5 Å². The van der Waals surface area contributed by atoms with Crippen molar-refractivity contribution in [2.75, 3.05) is 33.4 Å². The van der Waals surface area contributed by atoms with Crippen LogP contribution in [0.15, 0.2) is 42.7 Å². The summed E-state index contributed by atoms with van der Waals surface area (Å²) in [5, 5.41) is 11.6. The smallest absolute Gasteiger partial charge is 0.223 e. The van der Waals surface area contributed by atoms with E-state index >= 15 is 0 Å². The zero-order valence-corrected chi connectivity index (χ0v) is 19.0. The predicted octanol–water partition coefficient (Wildman–Crippen LogP) is 3.00. The number of aliphatic hydroxyl groups excluding tert-OH is 1. The summed E-state index contributed by atoms with van der Waals surface area (Å²) in [5.74, 6) is 1.48. The second-order valence-electron chi connectivity index (χ2n) is 9.98. The van der Waals surface area contributed by atoms with Crippen LogP contribution in [0.3, 0.4) is 0 Å². The molecule has 2 aromatic heterocycles. The van der Waals surface area contributed by atoms with E-state index in [-0.39, 0.29) is 24.0 Å². The number of pyridine rings is 1. The summed E-state index contributed by atoms with van der Waals surface area (Å²) in [7, 11) is 1.67. The fraction of sp³-hybridized carbons (Fsp3) is 0.462. The lowest BCUT2D eigenvalue weighted by molar-refractivity contribution is -0.139. The van der Waals surface area contributed by atoms with Crippen LogP contribution in [0.5, 0.6) is 5.75 Å². The highest BCUT2D eigenvalue weighted by molar-refractivity contribution is 5.89. The average molecular weight is 447 g/mol. The number of nitrogens with zero attached hydrogens (tertiary/aromatic N) is 3. The number of hydrogen-bond donors (Lipinski definition) is 2. The number of aromatic amines is 1. The van der Waals surface area contributed by atoms with E-state index in [4.69, 9.17) is 4.74 Å².